The molecule has 1 aliphatic carbocycles. The molecule has 0 atom stereocenters. The summed E-state index contributed by atoms with van der Waals surface area (Å²) in [6.07, 6.45) is 4.12. The number of aryl methyl sites for hydroxylation is 1. The molecule has 8 nitrogen and oxygen atoms in total. The fraction of sp³-hybridized carbons (Fsp3) is 0.438. The molecule has 0 bridgehead atoms. The maximum Gasteiger partial charge on any atom is 0.274 e. The van der Waals surface area contributed by atoms with Crippen molar-refractivity contribution in [1.82, 2.24) is 20.1 Å². The smallest absolute Gasteiger partial charge is 0.274 e. The summed E-state index contributed by atoms with van der Waals surface area (Å²) < 4.78 is 2.24. The molecule has 0 radical (unpaired) electrons. The summed E-state index contributed by atoms with van der Waals surface area (Å²) in [7, 11) is 1.74. The van der Waals surface area contributed by atoms with Crippen molar-refractivity contribution in [3.8, 4) is 0 Å². The third kappa shape index (κ3) is 4.31. The van der Waals surface area contributed by atoms with Gasteiger partial charge in [0, 0.05) is 25.7 Å². The molecular weight excluding hydrogens is 374 g/mol. The number of rotatable bonds is 7. The number of aromatic nitrogens is 3. The van der Waals surface area contributed by atoms with E-state index >= 15 is 0 Å². The van der Waals surface area contributed by atoms with E-state index in [9.17, 15) is 14.4 Å². The van der Waals surface area contributed by atoms with Crippen LogP contribution in [-0.4, -0.2) is 44.3 Å². The van der Waals surface area contributed by atoms with E-state index in [1.165, 1.54) is 23.1 Å². The fourth-order valence-electron chi connectivity index (χ4n) is 2.38. The van der Waals surface area contributed by atoms with Gasteiger partial charge < -0.3 is 4.57 Å². The van der Waals surface area contributed by atoms with Crippen LogP contribution in [0, 0.1) is 0 Å². The molecule has 3 rings (SSSR count). The molecule has 2 aromatic heterocycles. The first kappa shape index (κ1) is 18.6. The third-order valence-corrected chi connectivity index (χ3v) is 5.90. The Hall–Kier alpha value is -2.20. The highest BCUT2D eigenvalue weighted by molar-refractivity contribution is 8.01. The average molecular weight is 393 g/mol. The van der Waals surface area contributed by atoms with Crippen molar-refractivity contribution >= 4 is 46.0 Å². The number of amides is 3. The molecule has 0 unspecified atom stereocenters. The second kappa shape index (κ2) is 8.00. The van der Waals surface area contributed by atoms with E-state index in [2.05, 4.69) is 15.5 Å². The molecule has 0 aromatic carbocycles. The minimum atomic E-state index is -0.436. The number of nitrogens with one attached hydrogen (secondary N) is 1. The van der Waals surface area contributed by atoms with Crippen LogP contribution in [0.3, 0.4) is 0 Å². The van der Waals surface area contributed by atoms with E-state index in [0.717, 1.165) is 12.8 Å². The van der Waals surface area contributed by atoms with Gasteiger partial charge in [-0.25, -0.2) is 0 Å². The molecule has 2 heterocycles. The van der Waals surface area contributed by atoms with Gasteiger partial charge in [-0.05, 0) is 25.0 Å². The van der Waals surface area contributed by atoms with Crippen molar-refractivity contribution < 1.29 is 14.4 Å². The first-order valence-corrected chi connectivity index (χ1v) is 10.0. The fourth-order valence-corrected chi connectivity index (χ4v) is 4.11. The lowest BCUT2D eigenvalue weighted by molar-refractivity contribution is -0.119. The van der Waals surface area contributed by atoms with Crippen LogP contribution < -0.4 is 10.2 Å². The molecule has 1 fully saturated rings. The third-order valence-electron chi connectivity index (χ3n) is 3.84. The van der Waals surface area contributed by atoms with E-state index in [0.29, 0.717) is 21.6 Å². The summed E-state index contributed by atoms with van der Waals surface area (Å²) in [6.45, 7) is 1.82. The summed E-state index contributed by atoms with van der Waals surface area (Å²) in [5.74, 6) is -0.752. The summed E-state index contributed by atoms with van der Waals surface area (Å²) in [5, 5.41) is 11.1. The Balaban J connectivity index is 1.54. The van der Waals surface area contributed by atoms with Crippen molar-refractivity contribution in [3.05, 3.63) is 24.0 Å². The van der Waals surface area contributed by atoms with Crippen LogP contribution in [0.4, 0.5) is 5.13 Å². The van der Waals surface area contributed by atoms with Crippen LogP contribution in [0.1, 0.15) is 36.7 Å². The van der Waals surface area contributed by atoms with E-state index < -0.39 is 11.8 Å². The van der Waals surface area contributed by atoms with Crippen molar-refractivity contribution in [3.63, 3.8) is 0 Å². The standard InChI is InChI=1S/C16H19N5O3S2/c1-3-13(23)21(10-6-7-10)15-18-19-16(26-15)25-9-12(22)17-14(24)11-5-4-8-20(11)2/h4-5,8,10H,3,6-7,9H2,1-2H3,(H,17,22,24). The molecule has 1 N–H and O–H groups in total. The van der Waals surface area contributed by atoms with E-state index in [-0.39, 0.29) is 17.7 Å². The van der Waals surface area contributed by atoms with Gasteiger partial charge in [-0.1, -0.05) is 30.0 Å². The van der Waals surface area contributed by atoms with Crippen LogP contribution in [0.5, 0.6) is 0 Å². The quantitative estimate of drug-likeness (QED) is 0.569. The number of carbonyl (C=O) groups excluding carboxylic acids is 3. The molecule has 1 aliphatic rings. The van der Waals surface area contributed by atoms with Gasteiger partial charge in [0.05, 0.1) is 5.75 Å². The Labute approximate surface area is 159 Å². The van der Waals surface area contributed by atoms with Gasteiger partial charge in [0.25, 0.3) is 5.91 Å². The second-order valence-electron chi connectivity index (χ2n) is 5.87. The Morgan fingerprint density at radius 1 is 1.38 bits per heavy atom. The van der Waals surface area contributed by atoms with Crippen LogP contribution in [0.15, 0.2) is 22.7 Å². The molecule has 138 valence electrons. The monoisotopic (exact) mass is 393 g/mol. The second-order valence-corrected chi connectivity index (χ2v) is 8.05. The predicted octanol–water partition coefficient (Wildman–Crippen LogP) is 1.83. The van der Waals surface area contributed by atoms with Crippen LogP contribution >= 0.6 is 23.1 Å². The maximum atomic E-state index is 12.1. The molecule has 10 heteroatoms. The summed E-state index contributed by atoms with van der Waals surface area (Å²) in [6, 6.07) is 3.60. The lowest BCUT2D eigenvalue weighted by Gasteiger charge is -2.17. The van der Waals surface area contributed by atoms with Crippen LogP contribution in [0.2, 0.25) is 0 Å². The molecule has 0 aliphatic heterocycles. The zero-order chi connectivity index (χ0) is 18.7. The van der Waals surface area contributed by atoms with Crippen LogP contribution in [-0.2, 0) is 16.6 Å². The molecule has 0 spiro atoms. The first-order chi connectivity index (χ1) is 12.5. The highest BCUT2D eigenvalue weighted by atomic mass is 32.2. The summed E-state index contributed by atoms with van der Waals surface area (Å²) in [4.78, 5) is 37.8. The van der Waals surface area contributed by atoms with Crippen molar-refractivity contribution in [2.75, 3.05) is 10.7 Å². The highest BCUT2D eigenvalue weighted by Crippen LogP contribution is 2.36. The van der Waals surface area contributed by atoms with Gasteiger partial charge in [0.1, 0.15) is 5.69 Å². The molecule has 2 aromatic rings. The Morgan fingerprint density at radius 2 is 2.15 bits per heavy atom. The average Bonchev–Trinajstić information content (AvgIpc) is 3.16. The topological polar surface area (TPSA) is 97.2 Å². The Morgan fingerprint density at radius 3 is 2.77 bits per heavy atom. The van der Waals surface area contributed by atoms with Crippen LogP contribution in [0.25, 0.3) is 0 Å². The number of hydrogen-bond donors (Lipinski definition) is 1. The minimum Gasteiger partial charge on any atom is -0.347 e. The number of anilines is 1. The van der Waals surface area contributed by atoms with Crippen molar-refractivity contribution in [2.24, 2.45) is 7.05 Å². The highest BCUT2D eigenvalue weighted by Gasteiger charge is 2.35. The molecule has 3 amide bonds. The summed E-state index contributed by atoms with van der Waals surface area (Å²) in [5.41, 5.74) is 0.416. The number of hydrogen-bond acceptors (Lipinski definition) is 7. The molecule has 0 saturated heterocycles. The first-order valence-electron chi connectivity index (χ1n) is 8.23. The van der Waals surface area contributed by atoms with Gasteiger partial charge in [-0.2, -0.15) is 0 Å². The van der Waals surface area contributed by atoms with E-state index in [1.807, 2.05) is 6.92 Å². The van der Waals surface area contributed by atoms with E-state index in [1.54, 1.807) is 34.8 Å². The number of nitrogens with zero attached hydrogens (tertiary/aromatic N) is 4. The number of imide groups is 1. The molecule has 26 heavy (non-hydrogen) atoms. The molecular formula is C16H19N5O3S2. The van der Waals surface area contributed by atoms with E-state index in [4.69, 9.17) is 0 Å². The lowest BCUT2D eigenvalue weighted by Crippen LogP contribution is -2.32. The predicted molar refractivity (Wildman–Crippen MR) is 99.3 cm³/mol. The van der Waals surface area contributed by atoms with Gasteiger partial charge >= 0.3 is 0 Å². The van der Waals surface area contributed by atoms with Crippen molar-refractivity contribution in [2.45, 2.75) is 36.6 Å². The summed E-state index contributed by atoms with van der Waals surface area (Å²) >= 11 is 2.49. The largest absolute Gasteiger partial charge is 0.347 e. The van der Waals surface area contributed by atoms with Gasteiger partial charge in [0.15, 0.2) is 4.34 Å². The maximum absolute atomic E-state index is 12.1. The number of carbonyl (C=O) groups is 3. The van der Waals surface area contributed by atoms with Gasteiger partial charge in [0.2, 0.25) is 16.9 Å². The lowest BCUT2D eigenvalue weighted by atomic mass is 10.4. The zero-order valence-corrected chi connectivity index (χ0v) is 16.1. The Bertz CT molecular complexity index is 827. The minimum absolute atomic E-state index is 0.0334. The zero-order valence-electron chi connectivity index (χ0n) is 14.5. The normalized spacial score (nSPS) is 13.5. The van der Waals surface area contributed by atoms with Gasteiger partial charge in [-0.3, -0.25) is 24.6 Å². The SMILES string of the molecule is CCC(=O)N(c1nnc(SCC(=O)NC(=O)c2cccn2C)s1)C1CC1. The molecule has 1 saturated carbocycles. The van der Waals surface area contributed by atoms with Gasteiger partial charge in [-0.15, -0.1) is 10.2 Å². The number of thioether (sulfide) groups is 1. The Kier molecular flexibility index (Phi) is 5.72. The van der Waals surface area contributed by atoms with Crippen molar-refractivity contribution in [1.29, 1.82) is 0 Å².